The summed E-state index contributed by atoms with van der Waals surface area (Å²) in [5.74, 6) is -1.73. The van der Waals surface area contributed by atoms with E-state index in [0.29, 0.717) is 5.56 Å². The molecular weight excluding hydrogens is 230 g/mol. The third kappa shape index (κ3) is 1.81. The van der Waals surface area contributed by atoms with Crippen molar-refractivity contribution >= 4 is 15.9 Å². The van der Waals surface area contributed by atoms with E-state index < -0.39 is 11.6 Å². The van der Waals surface area contributed by atoms with Crippen LogP contribution in [0.3, 0.4) is 0 Å². The van der Waals surface area contributed by atoms with Gasteiger partial charge in [0.15, 0.2) is 11.6 Å². The largest absolute Gasteiger partial charge is 0.380 e. The highest BCUT2D eigenvalue weighted by Gasteiger charge is 2.09. The Balaban J connectivity index is 3.08. The van der Waals surface area contributed by atoms with Gasteiger partial charge in [0.05, 0.1) is 11.1 Å². The smallest absolute Gasteiger partial charge is 0.173 e. The molecule has 0 aromatic heterocycles. The summed E-state index contributed by atoms with van der Waals surface area (Å²) in [5, 5.41) is 0. The highest BCUT2D eigenvalue weighted by molar-refractivity contribution is 9.10. The molecule has 0 aliphatic rings. The second kappa shape index (κ2) is 3.96. The molecule has 0 heterocycles. The lowest BCUT2D eigenvalue weighted by atomic mass is 10.2. The summed E-state index contributed by atoms with van der Waals surface area (Å²) in [6.07, 6.45) is 0. The van der Waals surface area contributed by atoms with Gasteiger partial charge in [-0.3, -0.25) is 0 Å². The molecule has 1 aromatic rings. The van der Waals surface area contributed by atoms with Gasteiger partial charge in [-0.05, 0) is 27.6 Å². The van der Waals surface area contributed by atoms with Gasteiger partial charge in [-0.2, -0.15) is 0 Å². The average molecular weight is 237 g/mol. The molecular formula is C8H7BrF2O. The zero-order chi connectivity index (χ0) is 9.14. The first kappa shape index (κ1) is 9.61. The number of methoxy groups -OCH3 is 1. The minimum Gasteiger partial charge on any atom is -0.380 e. The summed E-state index contributed by atoms with van der Waals surface area (Å²) in [7, 11) is 1.49. The van der Waals surface area contributed by atoms with Crippen molar-refractivity contribution in [2.24, 2.45) is 0 Å². The highest BCUT2D eigenvalue weighted by atomic mass is 79.9. The van der Waals surface area contributed by atoms with Gasteiger partial charge >= 0.3 is 0 Å². The minimum absolute atomic E-state index is 0.129. The first-order valence-electron chi connectivity index (χ1n) is 3.28. The summed E-state index contributed by atoms with van der Waals surface area (Å²) in [5.41, 5.74) is 0.594. The van der Waals surface area contributed by atoms with Gasteiger partial charge in [-0.1, -0.05) is 6.07 Å². The quantitative estimate of drug-likeness (QED) is 0.718. The van der Waals surface area contributed by atoms with Crippen LogP contribution in [0.2, 0.25) is 0 Å². The first-order valence-corrected chi connectivity index (χ1v) is 4.07. The first-order chi connectivity index (χ1) is 5.66. The van der Waals surface area contributed by atoms with Crippen LogP contribution in [0.5, 0.6) is 0 Å². The van der Waals surface area contributed by atoms with Crippen LogP contribution in [-0.4, -0.2) is 7.11 Å². The lowest BCUT2D eigenvalue weighted by molar-refractivity contribution is 0.184. The summed E-state index contributed by atoms with van der Waals surface area (Å²) in [4.78, 5) is 0. The van der Waals surface area contributed by atoms with Gasteiger partial charge in [-0.25, -0.2) is 8.78 Å². The molecule has 0 saturated carbocycles. The standard InChI is InChI=1S/C8H7BrF2O/c1-12-4-5-2-3-6(10)8(11)7(5)9/h2-3H,4H2,1H3. The molecule has 0 saturated heterocycles. The Bertz CT molecular complexity index is 289. The van der Waals surface area contributed by atoms with E-state index in [9.17, 15) is 8.78 Å². The van der Waals surface area contributed by atoms with Crippen molar-refractivity contribution in [3.05, 3.63) is 33.8 Å². The molecule has 0 unspecified atom stereocenters. The number of benzene rings is 1. The third-order valence-electron chi connectivity index (χ3n) is 1.42. The molecule has 0 N–H and O–H groups in total. The molecule has 0 amide bonds. The maximum atomic E-state index is 12.8. The summed E-state index contributed by atoms with van der Waals surface area (Å²) in [6.45, 7) is 0.262. The van der Waals surface area contributed by atoms with Crippen LogP contribution >= 0.6 is 15.9 Å². The Morgan fingerprint density at radius 2 is 2.08 bits per heavy atom. The molecule has 0 spiro atoms. The van der Waals surface area contributed by atoms with Gasteiger partial charge in [-0.15, -0.1) is 0 Å². The average Bonchev–Trinajstić information content (AvgIpc) is 2.07. The van der Waals surface area contributed by atoms with E-state index in [1.54, 1.807) is 0 Å². The lowest BCUT2D eigenvalue weighted by Gasteiger charge is -2.03. The minimum atomic E-state index is -0.871. The zero-order valence-corrected chi connectivity index (χ0v) is 7.99. The van der Waals surface area contributed by atoms with E-state index in [0.717, 1.165) is 6.07 Å². The van der Waals surface area contributed by atoms with E-state index in [4.69, 9.17) is 4.74 Å². The molecule has 0 atom stereocenters. The van der Waals surface area contributed by atoms with E-state index in [2.05, 4.69) is 15.9 Å². The lowest BCUT2D eigenvalue weighted by Crippen LogP contribution is -1.94. The van der Waals surface area contributed by atoms with Crippen LogP contribution in [0, 0.1) is 11.6 Å². The molecule has 1 aromatic carbocycles. The Labute approximate surface area is 77.5 Å². The number of hydrogen-bond donors (Lipinski definition) is 0. The van der Waals surface area contributed by atoms with E-state index in [1.165, 1.54) is 13.2 Å². The predicted molar refractivity (Wildman–Crippen MR) is 44.8 cm³/mol. The molecule has 12 heavy (non-hydrogen) atoms. The number of rotatable bonds is 2. The van der Waals surface area contributed by atoms with Crippen LogP contribution in [0.25, 0.3) is 0 Å². The molecule has 1 nitrogen and oxygen atoms in total. The van der Waals surface area contributed by atoms with E-state index in [1.807, 2.05) is 0 Å². The highest BCUT2D eigenvalue weighted by Crippen LogP contribution is 2.23. The fraction of sp³-hybridized carbons (Fsp3) is 0.250. The van der Waals surface area contributed by atoms with Crippen LogP contribution in [0.15, 0.2) is 16.6 Å². The van der Waals surface area contributed by atoms with Crippen molar-refractivity contribution < 1.29 is 13.5 Å². The summed E-state index contributed by atoms with van der Waals surface area (Å²) < 4.78 is 30.3. The van der Waals surface area contributed by atoms with Crippen molar-refractivity contribution in [1.82, 2.24) is 0 Å². The molecule has 1 rings (SSSR count). The van der Waals surface area contributed by atoms with Crippen molar-refractivity contribution in [2.45, 2.75) is 6.61 Å². The normalized spacial score (nSPS) is 10.3. The molecule has 0 aliphatic carbocycles. The summed E-state index contributed by atoms with van der Waals surface area (Å²) >= 11 is 2.94. The molecule has 0 aliphatic heterocycles. The summed E-state index contributed by atoms with van der Waals surface area (Å²) in [6, 6.07) is 2.56. The number of ether oxygens (including phenoxy) is 1. The van der Waals surface area contributed by atoms with Crippen LogP contribution in [-0.2, 0) is 11.3 Å². The topological polar surface area (TPSA) is 9.23 Å². The SMILES string of the molecule is COCc1ccc(F)c(F)c1Br. The molecule has 0 fully saturated rings. The third-order valence-corrected chi connectivity index (χ3v) is 2.27. The van der Waals surface area contributed by atoms with Gasteiger partial charge in [0.25, 0.3) is 0 Å². The van der Waals surface area contributed by atoms with E-state index in [-0.39, 0.29) is 11.1 Å². The van der Waals surface area contributed by atoms with Crippen molar-refractivity contribution in [3.8, 4) is 0 Å². The molecule has 0 bridgehead atoms. The maximum Gasteiger partial charge on any atom is 0.173 e. The molecule has 66 valence electrons. The fourth-order valence-electron chi connectivity index (χ4n) is 0.833. The Morgan fingerprint density at radius 3 is 2.67 bits per heavy atom. The van der Waals surface area contributed by atoms with E-state index >= 15 is 0 Å². The fourth-order valence-corrected chi connectivity index (χ4v) is 1.27. The molecule has 0 radical (unpaired) electrons. The Hall–Kier alpha value is -0.480. The molecule has 4 heteroatoms. The number of halogens is 3. The van der Waals surface area contributed by atoms with Crippen LogP contribution < -0.4 is 0 Å². The monoisotopic (exact) mass is 236 g/mol. The van der Waals surface area contributed by atoms with Gasteiger partial charge < -0.3 is 4.74 Å². The van der Waals surface area contributed by atoms with Crippen LogP contribution in [0.1, 0.15) is 5.56 Å². The Kier molecular flexibility index (Phi) is 3.17. The van der Waals surface area contributed by atoms with Crippen molar-refractivity contribution in [2.75, 3.05) is 7.11 Å². The van der Waals surface area contributed by atoms with Crippen LogP contribution in [0.4, 0.5) is 8.78 Å². The van der Waals surface area contributed by atoms with Gasteiger partial charge in [0.1, 0.15) is 0 Å². The zero-order valence-electron chi connectivity index (χ0n) is 6.40. The maximum absolute atomic E-state index is 12.8. The Morgan fingerprint density at radius 1 is 1.42 bits per heavy atom. The van der Waals surface area contributed by atoms with Crippen molar-refractivity contribution in [1.29, 1.82) is 0 Å². The van der Waals surface area contributed by atoms with Gasteiger partial charge in [0.2, 0.25) is 0 Å². The second-order valence-corrected chi connectivity index (χ2v) is 3.06. The van der Waals surface area contributed by atoms with Gasteiger partial charge in [0, 0.05) is 7.11 Å². The van der Waals surface area contributed by atoms with Crippen molar-refractivity contribution in [3.63, 3.8) is 0 Å². The second-order valence-electron chi connectivity index (χ2n) is 2.27. The predicted octanol–water partition coefficient (Wildman–Crippen LogP) is 2.87. The number of hydrogen-bond acceptors (Lipinski definition) is 1.